The van der Waals surface area contributed by atoms with Crippen LogP contribution in [0, 0.1) is 5.82 Å². The number of aromatic nitrogens is 3. The number of pyridine rings is 1. The highest BCUT2D eigenvalue weighted by molar-refractivity contribution is 5.56. The molecule has 1 N–H and O–H groups in total. The van der Waals surface area contributed by atoms with Gasteiger partial charge < -0.3 is 5.32 Å². The van der Waals surface area contributed by atoms with E-state index in [0.29, 0.717) is 17.9 Å². The second-order valence-electron chi connectivity index (χ2n) is 4.27. The van der Waals surface area contributed by atoms with Crippen molar-refractivity contribution >= 4 is 5.69 Å². The van der Waals surface area contributed by atoms with Crippen LogP contribution in [0.15, 0.2) is 61.1 Å². The Balaban J connectivity index is 1.84. The molecule has 0 amide bonds. The lowest BCUT2D eigenvalue weighted by molar-refractivity contribution is 0.613. The van der Waals surface area contributed by atoms with Crippen molar-refractivity contribution in [3.05, 3.63) is 72.4 Å². The average Bonchev–Trinajstić information content (AvgIpc) is 3.01. The highest BCUT2D eigenvalue weighted by Crippen LogP contribution is 2.17. The fraction of sp³-hybridized carbons (Fsp3) is 0.0667. The fourth-order valence-electron chi connectivity index (χ4n) is 1.94. The largest absolute Gasteiger partial charge is 0.378 e. The van der Waals surface area contributed by atoms with Crippen molar-refractivity contribution in [1.82, 2.24) is 14.8 Å². The van der Waals surface area contributed by atoms with Gasteiger partial charge >= 0.3 is 0 Å². The van der Waals surface area contributed by atoms with Crippen LogP contribution in [-0.4, -0.2) is 14.8 Å². The van der Waals surface area contributed by atoms with E-state index < -0.39 is 0 Å². The first-order valence-electron chi connectivity index (χ1n) is 6.27. The van der Waals surface area contributed by atoms with Crippen molar-refractivity contribution in [2.45, 2.75) is 6.54 Å². The molecule has 100 valence electrons. The molecular weight excluding hydrogens is 255 g/mol. The summed E-state index contributed by atoms with van der Waals surface area (Å²) < 4.78 is 15.3. The number of hydrogen-bond acceptors (Lipinski definition) is 3. The van der Waals surface area contributed by atoms with Crippen molar-refractivity contribution in [3.8, 4) is 5.82 Å². The van der Waals surface area contributed by atoms with Gasteiger partial charge in [-0.3, -0.25) is 0 Å². The zero-order valence-electron chi connectivity index (χ0n) is 10.7. The van der Waals surface area contributed by atoms with E-state index >= 15 is 0 Å². The third-order valence-electron chi connectivity index (χ3n) is 2.94. The van der Waals surface area contributed by atoms with Gasteiger partial charge in [0, 0.05) is 30.7 Å². The molecule has 3 aromatic rings. The van der Waals surface area contributed by atoms with Crippen LogP contribution in [0.3, 0.4) is 0 Å². The van der Waals surface area contributed by atoms with E-state index in [0.717, 1.165) is 5.69 Å². The van der Waals surface area contributed by atoms with Crippen molar-refractivity contribution in [3.63, 3.8) is 0 Å². The number of rotatable bonds is 4. The predicted octanol–water partition coefficient (Wildman–Crippen LogP) is 3.02. The van der Waals surface area contributed by atoms with Gasteiger partial charge in [0.05, 0.1) is 5.69 Å². The highest BCUT2D eigenvalue weighted by Gasteiger charge is 2.06. The molecular formula is C15H13FN4. The third kappa shape index (κ3) is 2.51. The molecule has 4 nitrogen and oxygen atoms in total. The topological polar surface area (TPSA) is 42.7 Å². The predicted molar refractivity (Wildman–Crippen MR) is 75.1 cm³/mol. The van der Waals surface area contributed by atoms with E-state index in [4.69, 9.17) is 0 Å². The maximum atomic E-state index is 13.6. The van der Waals surface area contributed by atoms with Crippen LogP contribution in [-0.2, 0) is 6.54 Å². The van der Waals surface area contributed by atoms with Gasteiger partial charge in [-0.25, -0.2) is 14.1 Å². The smallest absolute Gasteiger partial charge is 0.176 e. The zero-order chi connectivity index (χ0) is 13.8. The average molecular weight is 268 g/mol. The van der Waals surface area contributed by atoms with Gasteiger partial charge in [-0.2, -0.15) is 5.10 Å². The molecule has 20 heavy (non-hydrogen) atoms. The summed E-state index contributed by atoms with van der Waals surface area (Å²) in [7, 11) is 0. The Hall–Kier alpha value is -2.69. The Bertz CT molecular complexity index is 695. The van der Waals surface area contributed by atoms with Gasteiger partial charge in [-0.05, 0) is 24.3 Å². The molecule has 1 aromatic carbocycles. The van der Waals surface area contributed by atoms with Gasteiger partial charge in [-0.1, -0.05) is 18.2 Å². The molecule has 2 aromatic heterocycles. The molecule has 3 rings (SSSR count). The Morgan fingerprint density at radius 2 is 1.95 bits per heavy atom. The van der Waals surface area contributed by atoms with Gasteiger partial charge in [0.1, 0.15) is 5.82 Å². The summed E-state index contributed by atoms with van der Waals surface area (Å²) in [5.74, 6) is 0.471. The Kier molecular flexibility index (Phi) is 3.41. The van der Waals surface area contributed by atoms with E-state index in [-0.39, 0.29) is 5.82 Å². The van der Waals surface area contributed by atoms with Crippen LogP contribution in [0.25, 0.3) is 5.82 Å². The molecule has 0 atom stereocenters. The third-order valence-corrected chi connectivity index (χ3v) is 2.94. The molecule has 0 unspecified atom stereocenters. The lowest BCUT2D eigenvalue weighted by atomic mass is 10.2. The molecule has 0 saturated heterocycles. The summed E-state index contributed by atoms with van der Waals surface area (Å²) in [5.41, 5.74) is 1.42. The first-order chi connectivity index (χ1) is 9.84. The molecule has 0 aliphatic rings. The minimum atomic E-state index is -0.218. The standard InChI is InChI=1S/C15H13FN4/c16-13-6-2-1-5-12(13)11-18-14-7-3-8-17-15(14)20-10-4-9-19-20/h1-10,18H,11H2. The monoisotopic (exact) mass is 268 g/mol. The van der Waals surface area contributed by atoms with Crippen molar-refractivity contribution in [2.75, 3.05) is 5.32 Å². The molecule has 0 aliphatic carbocycles. The maximum Gasteiger partial charge on any atom is 0.176 e. The molecule has 5 heteroatoms. The zero-order valence-corrected chi connectivity index (χ0v) is 10.7. The van der Waals surface area contributed by atoms with E-state index in [2.05, 4.69) is 15.4 Å². The SMILES string of the molecule is Fc1ccccc1CNc1cccnc1-n1cccn1. The lowest BCUT2D eigenvalue weighted by Gasteiger charge is -2.11. The number of benzene rings is 1. The first kappa shape index (κ1) is 12.3. The van der Waals surface area contributed by atoms with Crippen LogP contribution in [0.5, 0.6) is 0 Å². The molecule has 0 saturated carbocycles. The van der Waals surface area contributed by atoms with Crippen LogP contribution in [0.2, 0.25) is 0 Å². The van der Waals surface area contributed by atoms with E-state index in [1.54, 1.807) is 29.2 Å². The van der Waals surface area contributed by atoms with Gasteiger partial charge in [-0.15, -0.1) is 0 Å². The lowest BCUT2D eigenvalue weighted by Crippen LogP contribution is -2.07. The molecule has 0 fully saturated rings. The van der Waals surface area contributed by atoms with E-state index in [9.17, 15) is 4.39 Å². The number of hydrogen-bond donors (Lipinski definition) is 1. The van der Waals surface area contributed by atoms with Crippen LogP contribution in [0.1, 0.15) is 5.56 Å². The molecule has 0 spiro atoms. The van der Waals surface area contributed by atoms with Crippen LogP contribution < -0.4 is 5.32 Å². The first-order valence-corrected chi connectivity index (χ1v) is 6.27. The number of nitrogens with zero attached hydrogens (tertiary/aromatic N) is 3. The number of halogens is 1. The normalized spacial score (nSPS) is 10.4. The van der Waals surface area contributed by atoms with Gasteiger partial charge in [0.15, 0.2) is 5.82 Å². The molecule has 0 bridgehead atoms. The Morgan fingerprint density at radius 3 is 2.75 bits per heavy atom. The Labute approximate surface area is 115 Å². The second kappa shape index (κ2) is 5.52. The summed E-state index contributed by atoms with van der Waals surface area (Å²) in [6, 6.07) is 12.3. The number of nitrogens with one attached hydrogen (secondary N) is 1. The fourth-order valence-corrected chi connectivity index (χ4v) is 1.94. The maximum absolute atomic E-state index is 13.6. The summed E-state index contributed by atoms with van der Waals surface area (Å²) in [6.07, 6.45) is 5.21. The molecule has 2 heterocycles. The molecule has 0 aliphatic heterocycles. The van der Waals surface area contributed by atoms with E-state index in [1.807, 2.05) is 30.5 Å². The Morgan fingerprint density at radius 1 is 1.05 bits per heavy atom. The van der Waals surface area contributed by atoms with Crippen molar-refractivity contribution in [1.29, 1.82) is 0 Å². The minimum absolute atomic E-state index is 0.218. The van der Waals surface area contributed by atoms with Crippen LogP contribution >= 0.6 is 0 Å². The molecule has 0 radical (unpaired) electrons. The second-order valence-corrected chi connectivity index (χ2v) is 4.27. The van der Waals surface area contributed by atoms with Crippen molar-refractivity contribution in [2.24, 2.45) is 0 Å². The summed E-state index contributed by atoms with van der Waals surface area (Å²) in [6.45, 7) is 0.395. The van der Waals surface area contributed by atoms with Crippen molar-refractivity contribution < 1.29 is 4.39 Å². The van der Waals surface area contributed by atoms with E-state index in [1.165, 1.54) is 6.07 Å². The summed E-state index contributed by atoms with van der Waals surface area (Å²) >= 11 is 0. The van der Waals surface area contributed by atoms with Gasteiger partial charge in [0.25, 0.3) is 0 Å². The number of anilines is 1. The quantitative estimate of drug-likeness (QED) is 0.791. The minimum Gasteiger partial charge on any atom is -0.378 e. The van der Waals surface area contributed by atoms with Gasteiger partial charge in [0.2, 0.25) is 0 Å². The summed E-state index contributed by atoms with van der Waals surface area (Å²) in [4.78, 5) is 4.30. The summed E-state index contributed by atoms with van der Waals surface area (Å²) in [5, 5.41) is 7.36. The van der Waals surface area contributed by atoms with Crippen LogP contribution in [0.4, 0.5) is 10.1 Å². The highest BCUT2D eigenvalue weighted by atomic mass is 19.1.